The van der Waals surface area contributed by atoms with Crippen LogP contribution < -0.4 is 10.6 Å². The summed E-state index contributed by atoms with van der Waals surface area (Å²) in [5.74, 6) is 1.84. The standard InChI is InChI=1S/C16H20N2O/c19-16(18-15-8-10-5-6-11(15)7-10)13-9-17-14-4-2-1-3-12(13)14/h1-4,10-11,13,15,17H,5-9H2,(H,18,19). The van der Waals surface area contributed by atoms with Crippen LogP contribution in [0.3, 0.4) is 0 Å². The number of rotatable bonds is 2. The van der Waals surface area contributed by atoms with Crippen LogP contribution in [-0.2, 0) is 4.79 Å². The third-order valence-electron chi connectivity index (χ3n) is 5.22. The molecule has 4 atom stereocenters. The summed E-state index contributed by atoms with van der Waals surface area (Å²) < 4.78 is 0. The highest BCUT2D eigenvalue weighted by atomic mass is 16.2. The zero-order valence-electron chi connectivity index (χ0n) is 11.1. The number of benzene rings is 1. The minimum Gasteiger partial charge on any atom is -0.384 e. The van der Waals surface area contributed by atoms with Crippen LogP contribution in [0, 0.1) is 11.8 Å². The van der Waals surface area contributed by atoms with Crippen LogP contribution in [0.15, 0.2) is 24.3 Å². The maximum atomic E-state index is 12.5. The van der Waals surface area contributed by atoms with Gasteiger partial charge in [-0.1, -0.05) is 24.6 Å². The SMILES string of the molecule is O=C(NC1CC2CCC1C2)C1CNc2ccccc21. The molecule has 1 aliphatic heterocycles. The lowest BCUT2D eigenvalue weighted by molar-refractivity contribution is -0.123. The van der Waals surface area contributed by atoms with E-state index in [2.05, 4.69) is 22.8 Å². The summed E-state index contributed by atoms with van der Waals surface area (Å²) in [6.07, 6.45) is 5.24. The lowest BCUT2D eigenvalue weighted by atomic mass is 9.94. The quantitative estimate of drug-likeness (QED) is 0.853. The Morgan fingerprint density at radius 3 is 2.89 bits per heavy atom. The third kappa shape index (κ3) is 1.83. The third-order valence-corrected chi connectivity index (χ3v) is 5.22. The number of carbonyl (C=O) groups excluding carboxylic acids is 1. The molecule has 2 bridgehead atoms. The van der Waals surface area contributed by atoms with Crippen LogP contribution >= 0.6 is 0 Å². The summed E-state index contributed by atoms with van der Waals surface area (Å²) >= 11 is 0. The first-order valence-electron chi connectivity index (χ1n) is 7.44. The highest BCUT2D eigenvalue weighted by Gasteiger charge is 2.41. The summed E-state index contributed by atoms with van der Waals surface area (Å²) in [4.78, 5) is 12.5. The van der Waals surface area contributed by atoms with E-state index in [4.69, 9.17) is 0 Å². The molecule has 0 radical (unpaired) electrons. The number of fused-ring (bicyclic) bond motifs is 3. The van der Waals surface area contributed by atoms with Crippen LogP contribution in [0.5, 0.6) is 0 Å². The Morgan fingerprint density at radius 1 is 1.21 bits per heavy atom. The van der Waals surface area contributed by atoms with Gasteiger partial charge in [0.2, 0.25) is 5.91 Å². The van der Waals surface area contributed by atoms with Crippen LogP contribution in [0.1, 0.15) is 37.2 Å². The molecule has 2 aliphatic carbocycles. The van der Waals surface area contributed by atoms with Crippen molar-refractivity contribution in [1.82, 2.24) is 5.32 Å². The van der Waals surface area contributed by atoms with Gasteiger partial charge in [0.25, 0.3) is 0 Å². The zero-order valence-corrected chi connectivity index (χ0v) is 11.1. The molecule has 3 heteroatoms. The molecule has 0 aromatic heterocycles. The van der Waals surface area contributed by atoms with Gasteiger partial charge in [-0.25, -0.2) is 0 Å². The summed E-state index contributed by atoms with van der Waals surface area (Å²) in [7, 11) is 0. The van der Waals surface area contributed by atoms with Gasteiger partial charge in [0.1, 0.15) is 0 Å². The number of amides is 1. The summed E-state index contributed by atoms with van der Waals surface area (Å²) in [5, 5.41) is 6.64. The van der Waals surface area contributed by atoms with Crippen molar-refractivity contribution in [1.29, 1.82) is 0 Å². The second kappa shape index (κ2) is 4.26. The normalized spacial score (nSPS) is 34.9. The van der Waals surface area contributed by atoms with Gasteiger partial charge in [-0.2, -0.15) is 0 Å². The second-order valence-corrected chi connectivity index (χ2v) is 6.31. The van der Waals surface area contributed by atoms with Crippen LogP contribution in [0.2, 0.25) is 0 Å². The van der Waals surface area contributed by atoms with E-state index in [1.807, 2.05) is 12.1 Å². The van der Waals surface area contributed by atoms with Crippen LogP contribution in [0.25, 0.3) is 0 Å². The Bertz CT molecular complexity index is 513. The Hall–Kier alpha value is -1.51. The average molecular weight is 256 g/mol. The molecule has 1 aromatic rings. The first kappa shape index (κ1) is 11.3. The van der Waals surface area contributed by atoms with E-state index in [0.717, 1.165) is 29.6 Å². The van der Waals surface area contributed by atoms with E-state index < -0.39 is 0 Å². The van der Waals surface area contributed by atoms with Crippen molar-refractivity contribution in [3.05, 3.63) is 29.8 Å². The minimum absolute atomic E-state index is 0.00433. The topological polar surface area (TPSA) is 41.1 Å². The van der Waals surface area contributed by atoms with Crippen LogP contribution in [0.4, 0.5) is 5.69 Å². The van der Waals surface area contributed by atoms with Crippen molar-refractivity contribution in [2.45, 2.75) is 37.6 Å². The first-order valence-corrected chi connectivity index (χ1v) is 7.44. The largest absolute Gasteiger partial charge is 0.384 e. The molecule has 0 saturated heterocycles. The average Bonchev–Trinajstić information content (AvgIpc) is 3.13. The van der Waals surface area contributed by atoms with Gasteiger partial charge in [-0.05, 0) is 42.7 Å². The van der Waals surface area contributed by atoms with Crippen molar-refractivity contribution < 1.29 is 4.79 Å². The summed E-state index contributed by atoms with van der Waals surface area (Å²) in [6.45, 7) is 0.742. The van der Waals surface area contributed by atoms with Crippen LogP contribution in [-0.4, -0.2) is 18.5 Å². The van der Waals surface area contributed by atoms with Crippen molar-refractivity contribution in [2.75, 3.05) is 11.9 Å². The molecular weight excluding hydrogens is 236 g/mol. The molecule has 3 nitrogen and oxygen atoms in total. The van der Waals surface area contributed by atoms with Crippen molar-refractivity contribution >= 4 is 11.6 Å². The lowest BCUT2D eigenvalue weighted by Gasteiger charge is -2.24. The fourth-order valence-electron chi connectivity index (χ4n) is 4.22. The number of anilines is 1. The highest BCUT2D eigenvalue weighted by Crippen LogP contribution is 2.44. The molecule has 2 N–H and O–H groups in total. The summed E-state index contributed by atoms with van der Waals surface area (Å²) in [6, 6.07) is 8.60. The van der Waals surface area contributed by atoms with Gasteiger partial charge in [0.05, 0.1) is 5.92 Å². The lowest BCUT2D eigenvalue weighted by Crippen LogP contribution is -2.41. The number of para-hydroxylation sites is 1. The van der Waals surface area contributed by atoms with Crippen molar-refractivity contribution in [2.24, 2.45) is 11.8 Å². The monoisotopic (exact) mass is 256 g/mol. The molecule has 4 unspecified atom stereocenters. The van der Waals surface area contributed by atoms with Crippen molar-refractivity contribution in [3.8, 4) is 0 Å². The van der Waals surface area contributed by atoms with Crippen molar-refractivity contribution in [3.63, 3.8) is 0 Å². The number of nitrogens with one attached hydrogen (secondary N) is 2. The molecule has 2 saturated carbocycles. The van der Waals surface area contributed by atoms with E-state index in [-0.39, 0.29) is 11.8 Å². The molecule has 1 amide bonds. The van der Waals surface area contributed by atoms with Gasteiger partial charge >= 0.3 is 0 Å². The Labute approximate surface area is 113 Å². The number of carbonyl (C=O) groups is 1. The predicted molar refractivity (Wildman–Crippen MR) is 75.1 cm³/mol. The van der Waals surface area contributed by atoms with E-state index in [1.54, 1.807) is 0 Å². The Morgan fingerprint density at radius 2 is 2.11 bits per heavy atom. The second-order valence-electron chi connectivity index (χ2n) is 6.31. The fourth-order valence-corrected chi connectivity index (χ4v) is 4.22. The molecule has 2 fully saturated rings. The maximum Gasteiger partial charge on any atom is 0.229 e. The van der Waals surface area contributed by atoms with E-state index in [1.165, 1.54) is 25.7 Å². The fraction of sp³-hybridized carbons (Fsp3) is 0.562. The Balaban J connectivity index is 1.47. The molecule has 1 heterocycles. The molecular formula is C16H20N2O. The minimum atomic E-state index is -0.00433. The van der Waals surface area contributed by atoms with E-state index in [9.17, 15) is 4.79 Å². The number of hydrogen-bond acceptors (Lipinski definition) is 2. The Kier molecular flexibility index (Phi) is 2.54. The van der Waals surface area contributed by atoms with Gasteiger partial charge < -0.3 is 10.6 Å². The summed E-state index contributed by atoms with van der Waals surface area (Å²) in [5.41, 5.74) is 2.28. The zero-order chi connectivity index (χ0) is 12.8. The van der Waals surface area contributed by atoms with E-state index >= 15 is 0 Å². The van der Waals surface area contributed by atoms with Gasteiger partial charge in [0, 0.05) is 18.3 Å². The molecule has 0 spiro atoms. The highest BCUT2D eigenvalue weighted by molar-refractivity contribution is 5.88. The molecule has 19 heavy (non-hydrogen) atoms. The maximum absolute atomic E-state index is 12.5. The molecule has 100 valence electrons. The van der Waals surface area contributed by atoms with Gasteiger partial charge in [0.15, 0.2) is 0 Å². The smallest absolute Gasteiger partial charge is 0.229 e. The number of hydrogen-bond donors (Lipinski definition) is 2. The van der Waals surface area contributed by atoms with Gasteiger partial charge in [-0.15, -0.1) is 0 Å². The molecule has 3 aliphatic rings. The van der Waals surface area contributed by atoms with E-state index in [0.29, 0.717) is 6.04 Å². The predicted octanol–water partition coefficient (Wildman–Crippen LogP) is 2.50. The molecule has 4 rings (SSSR count). The van der Waals surface area contributed by atoms with Gasteiger partial charge in [-0.3, -0.25) is 4.79 Å². The first-order chi connectivity index (χ1) is 9.31. The molecule has 1 aromatic carbocycles.